The second-order valence-corrected chi connectivity index (χ2v) is 4.89. The van der Waals surface area contributed by atoms with Crippen LogP contribution in [0.15, 0.2) is 23.1 Å². The van der Waals surface area contributed by atoms with Gasteiger partial charge < -0.3 is 10.6 Å². The topological polar surface area (TPSA) is 41.1 Å². The SMILES string of the molecule is CNCCCc1ccc2c(c1)SCC(=O)N2. The van der Waals surface area contributed by atoms with E-state index in [4.69, 9.17) is 0 Å². The fraction of sp³-hybridized carbons (Fsp3) is 0.417. The minimum atomic E-state index is 0.0976. The van der Waals surface area contributed by atoms with Crippen molar-refractivity contribution in [2.75, 3.05) is 24.7 Å². The number of aryl methyl sites for hydroxylation is 1. The summed E-state index contributed by atoms with van der Waals surface area (Å²) in [5.74, 6) is 0.632. The first-order chi connectivity index (χ1) is 7.79. The van der Waals surface area contributed by atoms with Crippen molar-refractivity contribution in [3.05, 3.63) is 23.8 Å². The van der Waals surface area contributed by atoms with Gasteiger partial charge in [-0.05, 0) is 44.1 Å². The van der Waals surface area contributed by atoms with Gasteiger partial charge in [-0.2, -0.15) is 0 Å². The van der Waals surface area contributed by atoms with Crippen molar-refractivity contribution in [2.24, 2.45) is 0 Å². The van der Waals surface area contributed by atoms with Crippen LogP contribution in [-0.2, 0) is 11.2 Å². The molecule has 1 amide bonds. The maximum atomic E-state index is 11.2. The summed E-state index contributed by atoms with van der Waals surface area (Å²) in [6.45, 7) is 1.04. The smallest absolute Gasteiger partial charge is 0.234 e. The summed E-state index contributed by atoms with van der Waals surface area (Å²) >= 11 is 1.62. The Morgan fingerprint density at radius 1 is 1.50 bits per heavy atom. The molecule has 4 heteroatoms. The fourth-order valence-corrected chi connectivity index (χ4v) is 2.61. The number of thioether (sulfide) groups is 1. The van der Waals surface area contributed by atoms with Crippen molar-refractivity contribution in [1.29, 1.82) is 0 Å². The quantitative estimate of drug-likeness (QED) is 0.784. The Kier molecular flexibility index (Phi) is 3.85. The Bertz CT molecular complexity index is 393. The minimum Gasteiger partial charge on any atom is -0.324 e. The number of carbonyl (C=O) groups excluding carboxylic acids is 1. The van der Waals surface area contributed by atoms with E-state index in [1.807, 2.05) is 13.1 Å². The number of hydrogen-bond acceptors (Lipinski definition) is 3. The highest BCUT2D eigenvalue weighted by Crippen LogP contribution is 2.32. The van der Waals surface area contributed by atoms with Crippen LogP contribution in [0.25, 0.3) is 0 Å². The molecule has 3 nitrogen and oxygen atoms in total. The molecule has 0 aromatic heterocycles. The first kappa shape index (κ1) is 11.5. The lowest BCUT2D eigenvalue weighted by molar-refractivity contribution is -0.113. The summed E-state index contributed by atoms with van der Waals surface area (Å²) in [7, 11) is 1.97. The second kappa shape index (κ2) is 5.37. The zero-order valence-electron chi connectivity index (χ0n) is 9.38. The molecule has 0 aliphatic carbocycles. The van der Waals surface area contributed by atoms with Crippen LogP contribution < -0.4 is 10.6 Å². The Hall–Kier alpha value is -1.00. The van der Waals surface area contributed by atoms with Gasteiger partial charge in [0.2, 0.25) is 5.91 Å². The first-order valence-corrected chi connectivity index (χ1v) is 6.48. The van der Waals surface area contributed by atoms with E-state index >= 15 is 0 Å². The van der Waals surface area contributed by atoms with Gasteiger partial charge >= 0.3 is 0 Å². The Balaban J connectivity index is 2.04. The molecule has 1 heterocycles. The van der Waals surface area contributed by atoms with Crippen molar-refractivity contribution in [3.8, 4) is 0 Å². The highest BCUT2D eigenvalue weighted by Gasteiger charge is 2.14. The molecule has 0 unspecified atom stereocenters. The van der Waals surface area contributed by atoms with Gasteiger partial charge in [0, 0.05) is 4.90 Å². The van der Waals surface area contributed by atoms with E-state index in [1.54, 1.807) is 11.8 Å². The van der Waals surface area contributed by atoms with Gasteiger partial charge in [0.05, 0.1) is 11.4 Å². The van der Waals surface area contributed by atoms with Crippen LogP contribution in [0, 0.1) is 0 Å². The molecule has 0 bridgehead atoms. The third-order valence-electron chi connectivity index (χ3n) is 2.57. The summed E-state index contributed by atoms with van der Waals surface area (Å²) in [5.41, 5.74) is 2.30. The molecule has 1 aromatic carbocycles. The molecule has 16 heavy (non-hydrogen) atoms. The molecular formula is C12H16N2OS. The van der Waals surface area contributed by atoms with Gasteiger partial charge in [0.25, 0.3) is 0 Å². The number of hydrogen-bond donors (Lipinski definition) is 2. The fourth-order valence-electron chi connectivity index (χ4n) is 1.74. The predicted molar refractivity (Wildman–Crippen MR) is 68.0 cm³/mol. The number of anilines is 1. The molecule has 1 aromatic rings. The molecule has 1 aliphatic rings. The van der Waals surface area contributed by atoms with Crippen LogP contribution in [0.2, 0.25) is 0 Å². The van der Waals surface area contributed by atoms with E-state index in [0.717, 1.165) is 25.1 Å². The molecule has 0 fully saturated rings. The number of amides is 1. The Morgan fingerprint density at radius 2 is 2.38 bits per heavy atom. The summed E-state index contributed by atoms with van der Waals surface area (Å²) in [5, 5.41) is 6.03. The lowest BCUT2D eigenvalue weighted by Crippen LogP contribution is -2.18. The molecule has 2 rings (SSSR count). The standard InChI is InChI=1S/C12H16N2OS/c1-13-6-2-3-9-4-5-10-11(7-9)16-8-12(15)14-10/h4-5,7,13H,2-3,6,8H2,1H3,(H,14,15). The van der Waals surface area contributed by atoms with E-state index in [2.05, 4.69) is 22.8 Å². The number of benzene rings is 1. The third-order valence-corrected chi connectivity index (χ3v) is 3.63. The monoisotopic (exact) mass is 236 g/mol. The van der Waals surface area contributed by atoms with Crippen molar-refractivity contribution < 1.29 is 4.79 Å². The molecule has 1 aliphatic heterocycles. The lowest BCUT2D eigenvalue weighted by atomic mass is 10.1. The molecule has 0 atom stereocenters. The average Bonchev–Trinajstić information content (AvgIpc) is 2.29. The molecule has 86 valence electrons. The zero-order chi connectivity index (χ0) is 11.4. The van der Waals surface area contributed by atoms with Crippen LogP contribution in [-0.4, -0.2) is 25.3 Å². The zero-order valence-corrected chi connectivity index (χ0v) is 10.2. The van der Waals surface area contributed by atoms with Gasteiger partial charge in [-0.25, -0.2) is 0 Å². The van der Waals surface area contributed by atoms with Crippen molar-refractivity contribution in [3.63, 3.8) is 0 Å². The number of rotatable bonds is 4. The van der Waals surface area contributed by atoms with Crippen molar-refractivity contribution in [1.82, 2.24) is 5.32 Å². The van der Waals surface area contributed by atoms with Crippen LogP contribution in [0.4, 0.5) is 5.69 Å². The summed E-state index contributed by atoms with van der Waals surface area (Å²) in [6.07, 6.45) is 2.23. The highest BCUT2D eigenvalue weighted by atomic mass is 32.2. The molecule has 2 N–H and O–H groups in total. The highest BCUT2D eigenvalue weighted by molar-refractivity contribution is 8.00. The van der Waals surface area contributed by atoms with Crippen LogP contribution in [0.3, 0.4) is 0 Å². The van der Waals surface area contributed by atoms with Crippen LogP contribution in [0.5, 0.6) is 0 Å². The Labute approximate surface area is 100.0 Å². The van der Waals surface area contributed by atoms with Crippen LogP contribution in [0.1, 0.15) is 12.0 Å². The minimum absolute atomic E-state index is 0.0976. The molecular weight excluding hydrogens is 220 g/mol. The lowest BCUT2D eigenvalue weighted by Gasteiger charge is -2.16. The summed E-state index contributed by atoms with van der Waals surface area (Å²) in [6, 6.07) is 6.30. The first-order valence-electron chi connectivity index (χ1n) is 5.50. The van der Waals surface area contributed by atoms with Gasteiger partial charge in [-0.3, -0.25) is 4.79 Å². The van der Waals surface area contributed by atoms with Crippen molar-refractivity contribution >= 4 is 23.4 Å². The van der Waals surface area contributed by atoms with Crippen LogP contribution >= 0.6 is 11.8 Å². The van der Waals surface area contributed by atoms with E-state index in [1.165, 1.54) is 10.5 Å². The van der Waals surface area contributed by atoms with E-state index in [9.17, 15) is 4.79 Å². The Morgan fingerprint density at radius 3 is 3.19 bits per heavy atom. The van der Waals surface area contributed by atoms with Crippen molar-refractivity contribution in [2.45, 2.75) is 17.7 Å². The predicted octanol–water partition coefficient (Wildman–Crippen LogP) is 1.88. The van der Waals surface area contributed by atoms with Gasteiger partial charge in [0.1, 0.15) is 0 Å². The maximum absolute atomic E-state index is 11.2. The normalized spacial score (nSPS) is 14.4. The number of nitrogens with one attached hydrogen (secondary N) is 2. The van der Waals surface area contributed by atoms with Gasteiger partial charge in [0.15, 0.2) is 0 Å². The number of fused-ring (bicyclic) bond motifs is 1. The van der Waals surface area contributed by atoms with E-state index < -0.39 is 0 Å². The van der Waals surface area contributed by atoms with E-state index in [0.29, 0.717) is 5.75 Å². The molecule has 0 radical (unpaired) electrons. The second-order valence-electron chi connectivity index (χ2n) is 3.87. The maximum Gasteiger partial charge on any atom is 0.234 e. The number of carbonyl (C=O) groups is 1. The summed E-state index contributed by atoms with van der Waals surface area (Å²) in [4.78, 5) is 12.4. The molecule has 0 saturated heterocycles. The van der Waals surface area contributed by atoms with E-state index in [-0.39, 0.29) is 5.91 Å². The molecule has 0 spiro atoms. The average molecular weight is 236 g/mol. The van der Waals surface area contributed by atoms with Gasteiger partial charge in [-0.1, -0.05) is 6.07 Å². The van der Waals surface area contributed by atoms with Gasteiger partial charge in [-0.15, -0.1) is 11.8 Å². The third kappa shape index (κ3) is 2.77. The largest absolute Gasteiger partial charge is 0.324 e. The molecule has 0 saturated carbocycles. The summed E-state index contributed by atoms with van der Waals surface area (Å²) < 4.78 is 0.